The van der Waals surface area contributed by atoms with E-state index >= 15 is 0 Å². The molecule has 2 heterocycles. The number of nitrogens with one attached hydrogen (secondary N) is 4. The summed E-state index contributed by atoms with van der Waals surface area (Å²) in [6.07, 6.45) is 28.9. The summed E-state index contributed by atoms with van der Waals surface area (Å²) >= 11 is 0. The Balaban J connectivity index is 0.897. The molecule has 1 aromatic heterocycles. The Hall–Kier alpha value is -2.59. The number of carbonyl (C=O) groups is 1. The number of amides is 1. The van der Waals surface area contributed by atoms with Crippen molar-refractivity contribution in [3.63, 3.8) is 0 Å². The molecule has 1 aliphatic heterocycles. The molecule has 0 bridgehead atoms. The van der Waals surface area contributed by atoms with Gasteiger partial charge in [0.25, 0.3) is 5.56 Å². The lowest BCUT2D eigenvalue weighted by molar-refractivity contribution is -0.174. The highest BCUT2D eigenvalue weighted by atomic mass is 31.2. The van der Waals surface area contributed by atoms with E-state index < -0.39 is 37.4 Å². The summed E-state index contributed by atoms with van der Waals surface area (Å²) in [6.45, 7) is 12.6. The number of fused-ring (bicyclic) bond motifs is 5. The number of hydrogen-bond donors (Lipinski definition) is 6. The van der Waals surface area contributed by atoms with Gasteiger partial charge in [-0.15, -0.1) is 0 Å². The van der Waals surface area contributed by atoms with Crippen molar-refractivity contribution in [2.24, 2.45) is 51.5 Å². The van der Waals surface area contributed by atoms with E-state index in [2.05, 4.69) is 58.4 Å². The fraction of sp³-hybridized carbons (Fsp3) is 0.911. The highest BCUT2D eigenvalue weighted by molar-refractivity contribution is 7.51. The number of nitrogens with zero attached hydrogens (tertiary/aromatic N) is 4. The third-order valence-electron chi connectivity index (χ3n) is 19.1. The van der Waals surface area contributed by atoms with Crippen molar-refractivity contribution in [1.29, 1.82) is 0 Å². The normalized spacial score (nSPS) is 31.7. The first kappa shape index (κ1) is 60.6. The highest BCUT2D eigenvalue weighted by Gasteiger charge is 2.63. The number of aryl methyl sites for hydroxylation is 1. The third kappa shape index (κ3) is 16.5. The van der Waals surface area contributed by atoms with Gasteiger partial charge >= 0.3 is 13.4 Å². The van der Waals surface area contributed by atoms with Crippen LogP contribution >= 0.6 is 7.75 Å². The van der Waals surface area contributed by atoms with Gasteiger partial charge in [-0.05, 0) is 123 Å². The van der Waals surface area contributed by atoms with Gasteiger partial charge < -0.3 is 25.6 Å². The van der Waals surface area contributed by atoms with Crippen molar-refractivity contribution in [3.8, 4) is 0 Å². The van der Waals surface area contributed by atoms with Crippen LogP contribution in [0.15, 0.2) is 20.9 Å². The number of unbranched alkanes of at least 4 members (excludes halogenated alkanes) is 15. The van der Waals surface area contributed by atoms with Crippen molar-refractivity contribution in [1.82, 2.24) is 25.3 Å². The average Bonchev–Trinajstić information content (AvgIpc) is 3.96. The molecule has 1 amide bonds. The van der Waals surface area contributed by atoms with Crippen LogP contribution in [0.3, 0.4) is 0 Å². The van der Waals surface area contributed by atoms with Gasteiger partial charge in [0.1, 0.15) is 6.23 Å². The first-order valence-corrected chi connectivity index (χ1v) is 31.2. The number of aliphatic hydroxyl groups excluding tert-OH is 2. The second kappa shape index (κ2) is 30.0. The Labute approximate surface area is 443 Å². The van der Waals surface area contributed by atoms with Gasteiger partial charge in [0.2, 0.25) is 5.91 Å². The lowest BCUT2D eigenvalue weighted by atomic mass is 9.43. The quantitative estimate of drug-likeness (QED) is 0.0125. The van der Waals surface area contributed by atoms with E-state index in [4.69, 9.17) is 13.8 Å². The summed E-state index contributed by atoms with van der Waals surface area (Å²) in [6, 6.07) is -0.725. The minimum Gasteiger partial charge on any atom is -0.393 e. The molecular weight excluding hydrogens is 960 g/mol. The standard InChI is InChI=1S/C56H99N8O9P/c1-6-7-8-9-10-11-12-13-14-15-16-17-18-19-20-21-34-71-74(70,72-39-49-48(62-63-57)37-52(73-49)64-38-41(3)53(68)61-54(64)69)60-33-31-58-30-32-59-51(67)27-22-40(2)45-25-26-46-44-24-23-42-35-43(65)28-29-55(42,4)47(44)36-50(66)56(45,46)5/h38,40,42-50,52,58,65-66H,6-37,39H2,1-5H3,(H,59,67)(H,60,70)(H,61,68,69)/t40?,42-,43-,44+,45-,46+,47+,48+,49-,50+,52-,55+,56-,74?/m1/s1. The molecule has 5 aliphatic rings. The predicted molar refractivity (Wildman–Crippen MR) is 291 cm³/mol. The maximum absolute atomic E-state index is 14.2. The zero-order chi connectivity index (χ0) is 53.1. The van der Waals surface area contributed by atoms with E-state index in [1.165, 1.54) is 101 Å². The monoisotopic (exact) mass is 1060 g/mol. The number of H-pyrrole nitrogens is 1. The smallest absolute Gasteiger partial charge is 0.393 e. The van der Waals surface area contributed by atoms with E-state index in [9.17, 15) is 34.7 Å². The Morgan fingerprint density at radius 2 is 1.55 bits per heavy atom. The number of aliphatic hydroxyl groups is 2. The molecule has 74 heavy (non-hydrogen) atoms. The molecule has 0 spiro atoms. The van der Waals surface area contributed by atoms with Crippen molar-refractivity contribution in [3.05, 3.63) is 43.0 Å². The molecule has 17 nitrogen and oxygen atoms in total. The first-order valence-electron chi connectivity index (χ1n) is 29.6. The van der Waals surface area contributed by atoms with Crippen molar-refractivity contribution >= 4 is 13.7 Å². The van der Waals surface area contributed by atoms with E-state index in [0.717, 1.165) is 70.6 Å². The van der Waals surface area contributed by atoms with Crippen LogP contribution < -0.4 is 27.0 Å². The van der Waals surface area contributed by atoms with E-state index in [0.29, 0.717) is 67.1 Å². The van der Waals surface area contributed by atoms with Gasteiger partial charge in [-0.25, -0.2) is 14.4 Å². The number of hydrogen-bond acceptors (Lipinski definition) is 11. The maximum atomic E-state index is 14.2. The van der Waals surface area contributed by atoms with E-state index in [1.54, 1.807) is 6.92 Å². The Kier molecular flexibility index (Phi) is 24.5. The Morgan fingerprint density at radius 1 is 0.892 bits per heavy atom. The minimum absolute atomic E-state index is 0.0165. The van der Waals surface area contributed by atoms with E-state index in [1.807, 2.05) is 0 Å². The molecule has 0 aromatic carbocycles. The molecule has 1 aromatic rings. The maximum Gasteiger partial charge on any atom is 0.405 e. The van der Waals surface area contributed by atoms with Crippen LogP contribution in [-0.2, 0) is 23.1 Å². The largest absolute Gasteiger partial charge is 0.405 e. The highest BCUT2D eigenvalue weighted by Crippen LogP contribution is 2.68. The summed E-state index contributed by atoms with van der Waals surface area (Å²) < 4.78 is 33.5. The molecule has 5 fully saturated rings. The van der Waals surface area contributed by atoms with E-state index in [-0.39, 0.29) is 55.1 Å². The van der Waals surface area contributed by atoms with Crippen LogP contribution in [0.25, 0.3) is 10.4 Å². The molecule has 14 atom stereocenters. The summed E-state index contributed by atoms with van der Waals surface area (Å²) in [7, 11) is -3.87. The molecule has 4 aliphatic carbocycles. The second-order valence-corrected chi connectivity index (χ2v) is 25.8. The van der Waals surface area contributed by atoms with Gasteiger partial charge in [-0.3, -0.25) is 28.2 Å². The summed E-state index contributed by atoms with van der Waals surface area (Å²) in [5.41, 5.74) is 8.59. The zero-order valence-corrected chi connectivity index (χ0v) is 47.1. The van der Waals surface area contributed by atoms with Gasteiger partial charge in [0, 0.05) is 55.7 Å². The predicted octanol–water partition coefficient (Wildman–Crippen LogP) is 10.9. The molecule has 1 saturated heterocycles. The molecule has 2 unspecified atom stereocenters. The topological polar surface area (TPSA) is 242 Å². The molecule has 422 valence electrons. The lowest BCUT2D eigenvalue weighted by Gasteiger charge is -2.62. The van der Waals surface area contributed by atoms with Crippen LogP contribution in [-0.4, -0.2) is 89.4 Å². The van der Waals surface area contributed by atoms with Gasteiger partial charge in [0.05, 0.1) is 37.6 Å². The van der Waals surface area contributed by atoms with Gasteiger partial charge in [-0.1, -0.05) is 129 Å². The van der Waals surface area contributed by atoms with Crippen molar-refractivity contribution in [2.45, 2.75) is 239 Å². The average molecular weight is 1060 g/mol. The second-order valence-electron chi connectivity index (χ2n) is 24.0. The van der Waals surface area contributed by atoms with Crippen molar-refractivity contribution < 1.29 is 33.4 Å². The molecule has 0 radical (unpaired) electrons. The third-order valence-corrected chi connectivity index (χ3v) is 20.7. The lowest BCUT2D eigenvalue weighted by Crippen LogP contribution is -2.58. The fourth-order valence-corrected chi connectivity index (χ4v) is 16.0. The number of ether oxygens (including phenoxy) is 1. The Morgan fingerprint density at radius 3 is 2.23 bits per heavy atom. The van der Waals surface area contributed by atoms with Gasteiger partial charge in [0.15, 0.2) is 0 Å². The SMILES string of the molecule is CCCCCCCCCCCCCCCCCCOP(=O)(NCCNCCNC(=O)CCC(C)[C@H]1CC[C@H]2[C@@H]3CC[C@@H]4C[C@H](O)CC[C@]4(C)[C@H]3C[C@H](O)[C@]12C)OC[C@H]1O[C@@H](n2cc(C)c(=O)[nH]c2=O)C[C@@H]1N=[N+]=[N-]. The summed E-state index contributed by atoms with van der Waals surface area (Å²) in [5, 5.41) is 35.7. The minimum atomic E-state index is -3.87. The molecule has 18 heteroatoms. The number of aromatic amines is 1. The molecular formula is C56H99N8O9P. The molecule has 4 saturated carbocycles. The van der Waals surface area contributed by atoms with Crippen LogP contribution in [0.5, 0.6) is 0 Å². The van der Waals surface area contributed by atoms with Crippen molar-refractivity contribution in [2.75, 3.05) is 39.4 Å². The molecule has 6 N–H and O–H groups in total. The number of aromatic nitrogens is 2. The van der Waals surface area contributed by atoms with Crippen LogP contribution in [0.4, 0.5) is 0 Å². The van der Waals surface area contributed by atoms with Gasteiger partial charge in [-0.2, -0.15) is 0 Å². The Bertz CT molecular complexity index is 2090. The number of carbonyl (C=O) groups excluding carboxylic acids is 1. The van der Waals surface area contributed by atoms with Crippen LogP contribution in [0.1, 0.15) is 213 Å². The first-order chi connectivity index (χ1) is 35.6. The zero-order valence-electron chi connectivity index (χ0n) is 46.3. The van der Waals surface area contributed by atoms with Crippen LogP contribution in [0, 0.1) is 53.3 Å². The molecule has 6 rings (SSSR count). The number of azide groups is 1. The summed E-state index contributed by atoms with van der Waals surface area (Å²) in [5.74, 6) is 2.95. The fourth-order valence-electron chi connectivity index (χ4n) is 14.7. The van der Waals surface area contributed by atoms with Crippen LogP contribution in [0.2, 0.25) is 0 Å². The summed E-state index contributed by atoms with van der Waals surface area (Å²) in [4.78, 5) is 43.1. The number of rotatable bonds is 34.